The van der Waals surface area contributed by atoms with Gasteiger partial charge >= 0.3 is 5.97 Å². The van der Waals surface area contributed by atoms with E-state index in [1.165, 1.54) is 17.4 Å². The van der Waals surface area contributed by atoms with Gasteiger partial charge in [-0.3, -0.25) is 9.59 Å². The summed E-state index contributed by atoms with van der Waals surface area (Å²) >= 11 is 1.53. The molecule has 18 heavy (non-hydrogen) atoms. The van der Waals surface area contributed by atoms with Crippen LogP contribution in [0.4, 0.5) is 0 Å². The van der Waals surface area contributed by atoms with E-state index in [1.54, 1.807) is 13.0 Å². The molecule has 0 saturated heterocycles. The fourth-order valence-corrected chi connectivity index (χ4v) is 1.78. The van der Waals surface area contributed by atoms with E-state index in [-0.39, 0.29) is 24.8 Å². The van der Waals surface area contributed by atoms with Crippen molar-refractivity contribution in [3.63, 3.8) is 0 Å². The van der Waals surface area contributed by atoms with Crippen molar-refractivity contribution in [1.29, 1.82) is 0 Å². The normalized spacial score (nSPS) is 10.6. The number of hydrogen-bond donors (Lipinski definition) is 1. The third-order valence-corrected chi connectivity index (χ3v) is 2.77. The third kappa shape index (κ3) is 5.58. The first-order valence-corrected chi connectivity index (χ1v) is 6.53. The minimum Gasteiger partial charge on any atom is -0.466 e. The van der Waals surface area contributed by atoms with E-state index < -0.39 is 0 Å². The zero-order chi connectivity index (χ0) is 13.4. The molecule has 98 valence electrons. The first-order chi connectivity index (χ1) is 8.61. The summed E-state index contributed by atoms with van der Waals surface area (Å²) in [5, 5.41) is 5.43. The number of aryl methyl sites for hydroxylation is 1. The van der Waals surface area contributed by atoms with Gasteiger partial charge in [0.15, 0.2) is 0 Å². The van der Waals surface area contributed by atoms with Crippen LogP contribution in [0, 0.1) is 6.92 Å². The van der Waals surface area contributed by atoms with E-state index in [9.17, 15) is 9.59 Å². The first kappa shape index (κ1) is 14.4. The monoisotopic (exact) mass is 268 g/mol. The van der Waals surface area contributed by atoms with Crippen LogP contribution in [0.2, 0.25) is 0 Å². The lowest BCUT2D eigenvalue weighted by Gasteiger charge is -2.02. The van der Waals surface area contributed by atoms with Crippen molar-refractivity contribution in [2.24, 2.45) is 0 Å². The van der Waals surface area contributed by atoms with E-state index in [0.717, 1.165) is 10.7 Å². The summed E-state index contributed by atoms with van der Waals surface area (Å²) in [6.45, 7) is 4.28. The van der Waals surface area contributed by atoms with Crippen molar-refractivity contribution in [3.05, 3.63) is 22.2 Å². The Balaban J connectivity index is 2.25. The molecule has 0 bridgehead atoms. The molecule has 5 nitrogen and oxygen atoms in total. The van der Waals surface area contributed by atoms with Crippen molar-refractivity contribution < 1.29 is 14.3 Å². The molecule has 0 fully saturated rings. The van der Waals surface area contributed by atoms with Gasteiger partial charge in [0, 0.05) is 18.0 Å². The van der Waals surface area contributed by atoms with Gasteiger partial charge < -0.3 is 10.1 Å². The molecule has 0 unspecified atom stereocenters. The first-order valence-electron chi connectivity index (χ1n) is 5.65. The standard InChI is InChI=1S/C12H16N2O3S/c1-3-17-12(16)6-7-13-11(15)5-4-10-8-18-9(2)14-10/h4-5,8H,3,6-7H2,1-2H3,(H,13,15)/b5-4+. The summed E-state index contributed by atoms with van der Waals surface area (Å²) < 4.78 is 4.74. The smallest absolute Gasteiger partial charge is 0.307 e. The number of carbonyl (C=O) groups excluding carboxylic acids is 2. The zero-order valence-electron chi connectivity index (χ0n) is 10.4. The summed E-state index contributed by atoms with van der Waals surface area (Å²) in [6.07, 6.45) is 3.23. The van der Waals surface area contributed by atoms with Gasteiger partial charge in [0.05, 0.1) is 23.7 Å². The molecule has 1 heterocycles. The number of thiazole rings is 1. The van der Waals surface area contributed by atoms with E-state index in [4.69, 9.17) is 4.74 Å². The number of esters is 1. The fourth-order valence-electron chi connectivity index (χ4n) is 1.20. The number of nitrogens with zero attached hydrogens (tertiary/aromatic N) is 1. The highest BCUT2D eigenvalue weighted by atomic mass is 32.1. The number of nitrogens with one attached hydrogen (secondary N) is 1. The maximum absolute atomic E-state index is 11.4. The maximum Gasteiger partial charge on any atom is 0.307 e. The van der Waals surface area contributed by atoms with Crippen LogP contribution >= 0.6 is 11.3 Å². The molecule has 0 aliphatic heterocycles. The van der Waals surface area contributed by atoms with E-state index in [0.29, 0.717) is 6.61 Å². The second-order valence-electron chi connectivity index (χ2n) is 3.47. The molecule has 1 aromatic heterocycles. The molecule has 0 aromatic carbocycles. The maximum atomic E-state index is 11.4. The van der Waals surface area contributed by atoms with Crippen molar-refractivity contribution in [1.82, 2.24) is 10.3 Å². The highest BCUT2D eigenvalue weighted by molar-refractivity contribution is 7.09. The Morgan fingerprint density at radius 1 is 1.56 bits per heavy atom. The van der Waals surface area contributed by atoms with E-state index >= 15 is 0 Å². The minimum atomic E-state index is -0.308. The van der Waals surface area contributed by atoms with Gasteiger partial charge in [0.1, 0.15) is 0 Å². The molecular weight excluding hydrogens is 252 g/mol. The highest BCUT2D eigenvalue weighted by Crippen LogP contribution is 2.08. The number of hydrogen-bond acceptors (Lipinski definition) is 5. The lowest BCUT2D eigenvalue weighted by molar-refractivity contribution is -0.142. The van der Waals surface area contributed by atoms with Gasteiger partial charge in [-0.05, 0) is 19.9 Å². The van der Waals surface area contributed by atoms with Gasteiger partial charge in [-0.25, -0.2) is 4.98 Å². The Morgan fingerprint density at radius 2 is 2.33 bits per heavy atom. The molecule has 0 aliphatic rings. The van der Waals surface area contributed by atoms with Gasteiger partial charge in [-0.15, -0.1) is 11.3 Å². The average molecular weight is 268 g/mol. The number of ether oxygens (including phenoxy) is 1. The van der Waals surface area contributed by atoms with Gasteiger partial charge in [0.2, 0.25) is 5.91 Å². The average Bonchev–Trinajstić information content (AvgIpc) is 2.73. The predicted molar refractivity (Wildman–Crippen MR) is 70.1 cm³/mol. The molecule has 0 saturated carbocycles. The molecular formula is C12H16N2O3S. The van der Waals surface area contributed by atoms with E-state index in [1.807, 2.05) is 12.3 Å². The van der Waals surface area contributed by atoms with Crippen LogP contribution < -0.4 is 5.32 Å². The highest BCUT2D eigenvalue weighted by Gasteiger charge is 2.02. The molecule has 0 atom stereocenters. The largest absolute Gasteiger partial charge is 0.466 e. The van der Waals surface area contributed by atoms with Crippen LogP contribution in [0.5, 0.6) is 0 Å². The Labute approximate surface area is 110 Å². The second-order valence-corrected chi connectivity index (χ2v) is 4.53. The summed E-state index contributed by atoms with van der Waals surface area (Å²) in [6, 6.07) is 0. The summed E-state index contributed by atoms with van der Waals surface area (Å²) in [5.41, 5.74) is 0.762. The molecule has 1 rings (SSSR count). The van der Waals surface area contributed by atoms with Crippen LogP contribution in [0.15, 0.2) is 11.5 Å². The lowest BCUT2D eigenvalue weighted by atomic mass is 10.4. The topological polar surface area (TPSA) is 68.3 Å². The molecule has 1 aromatic rings. The lowest BCUT2D eigenvalue weighted by Crippen LogP contribution is -2.24. The number of rotatable bonds is 6. The SMILES string of the molecule is CCOC(=O)CCNC(=O)/C=C/c1csc(C)n1. The Morgan fingerprint density at radius 3 is 2.94 bits per heavy atom. The third-order valence-electron chi connectivity index (χ3n) is 1.98. The fraction of sp³-hybridized carbons (Fsp3) is 0.417. The van der Waals surface area contributed by atoms with Gasteiger partial charge in [-0.2, -0.15) is 0 Å². The number of amides is 1. The quantitative estimate of drug-likeness (QED) is 0.627. The van der Waals surface area contributed by atoms with Crippen molar-refractivity contribution in [2.75, 3.05) is 13.2 Å². The van der Waals surface area contributed by atoms with Crippen molar-refractivity contribution in [2.45, 2.75) is 20.3 Å². The van der Waals surface area contributed by atoms with Crippen molar-refractivity contribution in [3.8, 4) is 0 Å². The molecule has 0 aliphatic carbocycles. The zero-order valence-corrected chi connectivity index (χ0v) is 11.3. The van der Waals surface area contributed by atoms with Gasteiger partial charge in [0.25, 0.3) is 0 Å². The minimum absolute atomic E-state index is 0.184. The molecule has 1 N–H and O–H groups in total. The Bertz CT molecular complexity index is 440. The van der Waals surface area contributed by atoms with E-state index in [2.05, 4.69) is 10.3 Å². The predicted octanol–water partition coefficient (Wildman–Crippen LogP) is 1.53. The van der Waals surface area contributed by atoms with Crippen LogP contribution in [0.3, 0.4) is 0 Å². The molecule has 0 spiro atoms. The molecule has 1 amide bonds. The number of carbonyl (C=O) groups is 2. The van der Waals surface area contributed by atoms with Crippen molar-refractivity contribution >= 4 is 29.3 Å². The van der Waals surface area contributed by atoms with Crippen LogP contribution in [0.1, 0.15) is 24.0 Å². The van der Waals surface area contributed by atoms with Crippen LogP contribution in [-0.2, 0) is 14.3 Å². The summed E-state index contributed by atoms with van der Waals surface area (Å²) in [4.78, 5) is 26.6. The summed E-state index contributed by atoms with van der Waals surface area (Å²) in [5.74, 6) is -0.554. The second kappa shape index (κ2) is 7.60. The Hall–Kier alpha value is -1.69. The summed E-state index contributed by atoms with van der Waals surface area (Å²) in [7, 11) is 0. The van der Waals surface area contributed by atoms with Crippen LogP contribution in [0.25, 0.3) is 6.08 Å². The Kier molecular flexibility index (Phi) is 6.07. The molecule has 6 heteroatoms. The molecule has 0 radical (unpaired) electrons. The number of aromatic nitrogens is 1. The van der Waals surface area contributed by atoms with Gasteiger partial charge in [-0.1, -0.05) is 0 Å². The van der Waals surface area contributed by atoms with Crippen LogP contribution in [-0.4, -0.2) is 30.0 Å².